The number of anilines is 1. The summed E-state index contributed by atoms with van der Waals surface area (Å²) in [5.41, 5.74) is -0.0455. The van der Waals surface area contributed by atoms with Crippen molar-refractivity contribution in [1.29, 1.82) is 0 Å². The first kappa shape index (κ1) is 13.2. The molecule has 0 fully saturated rings. The molecule has 0 saturated carbocycles. The second-order valence-corrected chi connectivity index (χ2v) is 5.73. The van der Waals surface area contributed by atoms with E-state index in [9.17, 15) is 4.79 Å². The Hall–Kier alpha value is -0.900. The van der Waals surface area contributed by atoms with Crippen molar-refractivity contribution in [3.05, 3.63) is 22.8 Å². The maximum absolute atomic E-state index is 11.9. The maximum atomic E-state index is 11.9. The van der Waals surface area contributed by atoms with Gasteiger partial charge in [0.05, 0.1) is 0 Å². The van der Waals surface area contributed by atoms with Crippen LogP contribution in [-0.2, 0) is 4.79 Å². The molecule has 1 N–H and O–H groups in total. The largest absolute Gasteiger partial charge is 0.310 e. The van der Waals surface area contributed by atoms with E-state index in [4.69, 9.17) is 0 Å². The third-order valence-corrected chi connectivity index (χ3v) is 3.10. The zero-order valence-corrected chi connectivity index (χ0v) is 11.6. The molecule has 0 aromatic carbocycles. The minimum absolute atomic E-state index is 0.00176. The van der Waals surface area contributed by atoms with E-state index in [1.165, 1.54) is 0 Å². The molecule has 0 radical (unpaired) electrons. The summed E-state index contributed by atoms with van der Waals surface area (Å²) in [5.74, 6) is 0.516. The van der Waals surface area contributed by atoms with Crippen LogP contribution in [0.4, 0.5) is 5.82 Å². The second kappa shape index (κ2) is 4.95. The predicted octanol–water partition coefficient (Wildman–Crippen LogP) is 3.46. The average molecular weight is 285 g/mol. The Balaban J connectivity index is 2.72. The van der Waals surface area contributed by atoms with Crippen molar-refractivity contribution >= 4 is 27.7 Å². The molecule has 0 spiro atoms. The van der Waals surface area contributed by atoms with Gasteiger partial charge in [-0.1, -0.05) is 33.8 Å². The molecule has 4 heteroatoms. The minimum Gasteiger partial charge on any atom is -0.310 e. The Kier molecular flexibility index (Phi) is 4.08. The predicted molar refractivity (Wildman–Crippen MR) is 69.2 cm³/mol. The molecule has 1 heterocycles. The zero-order chi connectivity index (χ0) is 12.3. The van der Waals surface area contributed by atoms with E-state index < -0.39 is 0 Å². The standard InChI is InChI=1S/C12H17BrN2O/c1-8(12(2,3)4)11(16)15-10-7-5-6-9(13)14-10/h5-8H,1-4H3,(H,14,15,16)/t8-/m1/s1. The van der Waals surface area contributed by atoms with Gasteiger partial charge in [0.25, 0.3) is 0 Å². The van der Waals surface area contributed by atoms with E-state index in [-0.39, 0.29) is 17.2 Å². The topological polar surface area (TPSA) is 42.0 Å². The summed E-state index contributed by atoms with van der Waals surface area (Å²) in [5, 5.41) is 2.81. The van der Waals surface area contributed by atoms with Crippen molar-refractivity contribution in [1.82, 2.24) is 4.98 Å². The number of amides is 1. The van der Waals surface area contributed by atoms with Crippen LogP contribution in [0.1, 0.15) is 27.7 Å². The number of halogens is 1. The van der Waals surface area contributed by atoms with Gasteiger partial charge < -0.3 is 5.32 Å². The number of nitrogens with zero attached hydrogens (tertiary/aromatic N) is 1. The van der Waals surface area contributed by atoms with Crippen molar-refractivity contribution in [3.63, 3.8) is 0 Å². The molecule has 0 saturated heterocycles. The van der Waals surface area contributed by atoms with E-state index >= 15 is 0 Å². The Morgan fingerprint density at radius 2 is 2.06 bits per heavy atom. The van der Waals surface area contributed by atoms with E-state index in [0.29, 0.717) is 10.4 Å². The van der Waals surface area contributed by atoms with Crippen LogP contribution < -0.4 is 5.32 Å². The fourth-order valence-electron chi connectivity index (χ4n) is 1.11. The lowest BCUT2D eigenvalue weighted by Gasteiger charge is -2.25. The molecular weight excluding hydrogens is 268 g/mol. The van der Waals surface area contributed by atoms with Crippen molar-refractivity contribution in [2.75, 3.05) is 5.32 Å². The fraction of sp³-hybridized carbons (Fsp3) is 0.500. The molecule has 1 aromatic heterocycles. The smallest absolute Gasteiger partial charge is 0.228 e. The van der Waals surface area contributed by atoms with Gasteiger partial charge in [-0.2, -0.15) is 0 Å². The SMILES string of the molecule is C[C@H](C(=O)Nc1cccc(Br)n1)C(C)(C)C. The quantitative estimate of drug-likeness (QED) is 0.845. The van der Waals surface area contributed by atoms with E-state index in [1.54, 1.807) is 6.07 Å². The first-order chi connectivity index (χ1) is 7.30. The highest BCUT2D eigenvalue weighted by Crippen LogP contribution is 2.26. The summed E-state index contributed by atoms with van der Waals surface area (Å²) in [4.78, 5) is 16.1. The molecule has 3 nitrogen and oxygen atoms in total. The number of pyridine rings is 1. The Morgan fingerprint density at radius 1 is 1.44 bits per heavy atom. The van der Waals surface area contributed by atoms with E-state index in [0.717, 1.165) is 0 Å². The van der Waals surface area contributed by atoms with Crippen LogP contribution in [0.15, 0.2) is 22.8 Å². The first-order valence-electron chi connectivity index (χ1n) is 5.24. The van der Waals surface area contributed by atoms with Gasteiger partial charge in [-0.25, -0.2) is 4.98 Å². The number of rotatable bonds is 2. The average Bonchev–Trinajstić information content (AvgIpc) is 2.15. The highest BCUT2D eigenvalue weighted by atomic mass is 79.9. The number of carbonyl (C=O) groups excluding carboxylic acids is 1. The van der Waals surface area contributed by atoms with Crippen molar-refractivity contribution in [2.45, 2.75) is 27.7 Å². The summed E-state index contributed by atoms with van der Waals surface area (Å²) in [6.07, 6.45) is 0. The number of carbonyl (C=O) groups is 1. The molecule has 1 rings (SSSR count). The van der Waals surface area contributed by atoms with Crippen molar-refractivity contribution < 1.29 is 4.79 Å². The Bertz CT molecular complexity index is 385. The second-order valence-electron chi connectivity index (χ2n) is 4.92. The number of hydrogen-bond acceptors (Lipinski definition) is 2. The first-order valence-corrected chi connectivity index (χ1v) is 6.03. The van der Waals surface area contributed by atoms with Gasteiger partial charge in [-0.05, 0) is 33.5 Å². The number of nitrogens with one attached hydrogen (secondary N) is 1. The molecular formula is C12H17BrN2O. The molecule has 1 aromatic rings. The van der Waals surface area contributed by atoms with Crippen LogP contribution in [0, 0.1) is 11.3 Å². The molecule has 0 aliphatic rings. The summed E-state index contributed by atoms with van der Waals surface area (Å²) < 4.78 is 0.716. The summed E-state index contributed by atoms with van der Waals surface area (Å²) in [6, 6.07) is 5.44. The Labute approximate surface area is 105 Å². The van der Waals surface area contributed by atoms with Crippen LogP contribution >= 0.6 is 15.9 Å². The van der Waals surface area contributed by atoms with Crippen LogP contribution in [0.5, 0.6) is 0 Å². The Morgan fingerprint density at radius 3 is 2.56 bits per heavy atom. The summed E-state index contributed by atoms with van der Waals surface area (Å²) >= 11 is 3.27. The molecule has 1 amide bonds. The lowest BCUT2D eigenvalue weighted by Crippen LogP contribution is -2.31. The molecule has 16 heavy (non-hydrogen) atoms. The molecule has 0 bridgehead atoms. The van der Waals surface area contributed by atoms with Crippen LogP contribution in [0.3, 0.4) is 0 Å². The highest BCUT2D eigenvalue weighted by Gasteiger charge is 2.26. The van der Waals surface area contributed by atoms with Gasteiger partial charge in [0, 0.05) is 5.92 Å². The van der Waals surface area contributed by atoms with Crippen molar-refractivity contribution in [3.8, 4) is 0 Å². The fourth-order valence-corrected chi connectivity index (χ4v) is 1.45. The zero-order valence-electron chi connectivity index (χ0n) is 10.0. The maximum Gasteiger partial charge on any atom is 0.228 e. The monoisotopic (exact) mass is 284 g/mol. The van der Waals surface area contributed by atoms with E-state index in [2.05, 4.69) is 26.2 Å². The number of aromatic nitrogens is 1. The van der Waals surface area contributed by atoms with Crippen molar-refractivity contribution in [2.24, 2.45) is 11.3 Å². The van der Waals surface area contributed by atoms with Crippen LogP contribution in [0.2, 0.25) is 0 Å². The van der Waals surface area contributed by atoms with Crippen LogP contribution in [-0.4, -0.2) is 10.9 Å². The van der Waals surface area contributed by atoms with Gasteiger partial charge in [-0.3, -0.25) is 4.79 Å². The third-order valence-electron chi connectivity index (χ3n) is 2.66. The van der Waals surface area contributed by atoms with Gasteiger partial charge in [-0.15, -0.1) is 0 Å². The number of hydrogen-bond donors (Lipinski definition) is 1. The van der Waals surface area contributed by atoms with Gasteiger partial charge in [0.2, 0.25) is 5.91 Å². The molecule has 88 valence electrons. The third kappa shape index (κ3) is 3.59. The normalized spacial score (nSPS) is 13.3. The summed E-state index contributed by atoms with van der Waals surface area (Å²) in [6.45, 7) is 8.07. The minimum atomic E-state index is -0.0618. The van der Waals surface area contributed by atoms with E-state index in [1.807, 2.05) is 39.8 Å². The lowest BCUT2D eigenvalue weighted by atomic mass is 9.81. The molecule has 1 atom stereocenters. The molecule has 0 aliphatic heterocycles. The highest BCUT2D eigenvalue weighted by molar-refractivity contribution is 9.10. The van der Waals surface area contributed by atoms with Gasteiger partial charge >= 0.3 is 0 Å². The summed E-state index contributed by atoms with van der Waals surface area (Å²) in [7, 11) is 0. The van der Waals surface area contributed by atoms with Crippen LogP contribution in [0.25, 0.3) is 0 Å². The molecule has 0 unspecified atom stereocenters. The molecule has 0 aliphatic carbocycles. The van der Waals surface area contributed by atoms with Gasteiger partial charge in [0.15, 0.2) is 0 Å². The lowest BCUT2D eigenvalue weighted by molar-refractivity contribution is -0.122. The van der Waals surface area contributed by atoms with Gasteiger partial charge in [0.1, 0.15) is 10.4 Å².